The van der Waals surface area contributed by atoms with Crippen molar-refractivity contribution in [2.75, 3.05) is 47.9 Å². The summed E-state index contributed by atoms with van der Waals surface area (Å²) >= 11 is 0. The Kier molecular flexibility index (Phi) is 8.76. The van der Waals surface area contributed by atoms with Crippen molar-refractivity contribution in [3.8, 4) is 5.75 Å². The van der Waals surface area contributed by atoms with E-state index >= 15 is 0 Å². The fourth-order valence-electron chi connectivity index (χ4n) is 3.91. The standard InChI is InChI=1S/C21H32N6O.HI/c1-22-21(27-11-10-16(15-27)17-12-24-26(4)14-17)23-13-19(25(2)3)18-8-6-7-9-20(18)28-5;/h6-9,12,14,16,19H,10-11,13,15H2,1-5H3,(H,22,23);1H. The molecule has 2 aromatic rings. The van der Waals surface area contributed by atoms with Gasteiger partial charge in [-0.25, -0.2) is 0 Å². The van der Waals surface area contributed by atoms with Crippen LogP contribution >= 0.6 is 24.0 Å². The van der Waals surface area contributed by atoms with Gasteiger partial charge in [-0.05, 0) is 32.1 Å². The molecular weight excluding hydrogens is 479 g/mol. The Morgan fingerprint density at radius 3 is 2.76 bits per heavy atom. The van der Waals surface area contributed by atoms with Crippen LogP contribution in [0.5, 0.6) is 5.75 Å². The van der Waals surface area contributed by atoms with Gasteiger partial charge in [-0.3, -0.25) is 9.67 Å². The van der Waals surface area contributed by atoms with Crippen LogP contribution in [0.25, 0.3) is 0 Å². The highest BCUT2D eigenvalue weighted by atomic mass is 127. The Balaban J connectivity index is 0.00000300. The molecule has 0 saturated carbocycles. The number of hydrogen-bond donors (Lipinski definition) is 1. The Hall–Kier alpha value is -1.81. The zero-order chi connectivity index (χ0) is 20.1. The van der Waals surface area contributed by atoms with Crippen LogP contribution in [0.2, 0.25) is 0 Å². The van der Waals surface area contributed by atoms with Gasteiger partial charge in [0.2, 0.25) is 0 Å². The molecular formula is C21H33IN6O. The van der Waals surface area contributed by atoms with E-state index in [-0.39, 0.29) is 30.0 Å². The summed E-state index contributed by atoms with van der Waals surface area (Å²) in [7, 11) is 9.73. The summed E-state index contributed by atoms with van der Waals surface area (Å²) in [5, 5.41) is 7.89. The van der Waals surface area contributed by atoms with Gasteiger partial charge in [0.25, 0.3) is 0 Å². The number of methoxy groups -OCH3 is 1. The van der Waals surface area contributed by atoms with Gasteiger partial charge in [0.15, 0.2) is 5.96 Å². The molecule has 3 rings (SSSR count). The number of aromatic nitrogens is 2. The van der Waals surface area contributed by atoms with Crippen LogP contribution in [0.3, 0.4) is 0 Å². The zero-order valence-electron chi connectivity index (χ0n) is 18.0. The molecule has 1 aliphatic rings. The van der Waals surface area contributed by atoms with E-state index in [4.69, 9.17) is 4.74 Å². The van der Waals surface area contributed by atoms with Crippen molar-refractivity contribution in [3.63, 3.8) is 0 Å². The van der Waals surface area contributed by atoms with E-state index in [1.54, 1.807) is 7.11 Å². The summed E-state index contributed by atoms with van der Waals surface area (Å²) in [6, 6.07) is 8.39. The van der Waals surface area contributed by atoms with Crippen LogP contribution in [-0.4, -0.2) is 73.4 Å². The van der Waals surface area contributed by atoms with Crippen molar-refractivity contribution in [3.05, 3.63) is 47.8 Å². The van der Waals surface area contributed by atoms with E-state index in [1.165, 1.54) is 11.1 Å². The van der Waals surface area contributed by atoms with Crippen molar-refractivity contribution < 1.29 is 4.74 Å². The molecule has 1 aromatic carbocycles. The molecule has 0 bridgehead atoms. The second-order valence-corrected chi connectivity index (χ2v) is 7.53. The number of hydrogen-bond acceptors (Lipinski definition) is 4. The number of aryl methyl sites for hydroxylation is 1. The van der Waals surface area contributed by atoms with Crippen molar-refractivity contribution in [2.45, 2.75) is 18.4 Å². The number of halogens is 1. The highest BCUT2D eigenvalue weighted by Crippen LogP contribution is 2.29. The van der Waals surface area contributed by atoms with Crippen LogP contribution in [0.1, 0.15) is 29.5 Å². The molecule has 1 aromatic heterocycles. The number of benzene rings is 1. The average molecular weight is 512 g/mol. The maximum Gasteiger partial charge on any atom is 0.193 e. The molecule has 1 saturated heterocycles. The highest BCUT2D eigenvalue weighted by Gasteiger charge is 2.27. The van der Waals surface area contributed by atoms with Crippen LogP contribution in [0.15, 0.2) is 41.7 Å². The van der Waals surface area contributed by atoms with Gasteiger partial charge in [0.05, 0.1) is 19.3 Å². The number of likely N-dealkylation sites (tertiary alicyclic amines) is 1. The normalized spacial score (nSPS) is 17.9. The number of guanidine groups is 1. The minimum absolute atomic E-state index is 0. The molecule has 0 radical (unpaired) electrons. The number of aliphatic imine (C=N–C) groups is 1. The molecule has 0 aliphatic carbocycles. The largest absolute Gasteiger partial charge is 0.496 e. The molecule has 7 nitrogen and oxygen atoms in total. The molecule has 8 heteroatoms. The lowest BCUT2D eigenvalue weighted by Gasteiger charge is -2.29. The van der Waals surface area contributed by atoms with Crippen LogP contribution in [-0.2, 0) is 7.05 Å². The molecule has 2 unspecified atom stereocenters. The van der Waals surface area contributed by atoms with Gasteiger partial charge in [0.1, 0.15) is 5.75 Å². The molecule has 2 heterocycles. The van der Waals surface area contributed by atoms with Crippen molar-refractivity contribution in [1.82, 2.24) is 24.9 Å². The lowest BCUT2D eigenvalue weighted by molar-refractivity contribution is 0.285. The first-order valence-electron chi connectivity index (χ1n) is 9.77. The lowest BCUT2D eigenvalue weighted by Crippen LogP contribution is -2.43. The fourth-order valence-corrected chi connectivity index (χ4v) is 3.91. The van der Waals surface area contributed by atoms with E-state index in [1.807, 2.05) is 37.1 Å². The molecule has 0 amide bonds. The molecule has 2 atom stereocenters. The molecule has 160 valence electrons. The third kappa shape index (κ3) is 5.63. The molecule has 1 fully saturated rings. The number of rotatable bonds is 6. The smallest absolute Gasteiger partial charge is 0.193 e. The summed E-state index contributed by atoms with van der Waals surface area (Å²) in [5.74, 6) is 2.37. The first-order chi connectivity index (χ1) is 13.5. The monoisotopic (exact) mass is 512 g/mol. The van der Waals surface area contributed by atoms with E-state index in [2.05, 4.69) is 57.6 Å². The minimum atomic E-state index is 0. The molecule has 29 heavy (non-hydrogen) atoms. The van der Waals surface area contributed by atoms with E-state index in [0.29, 0.717) is 5.92 Å². The predicted octanol–water partition coefficient (Wildman–Crippen LogP) is 2.71. The summed E-state index contributed by atoms with van der Waals surface area (Å²) in [6.45, 7) is 2.72. The summed E-state index contributed by atoms with van der Waals surface area (Å²) in [5.41, 5.74) is 2.48. The van der Waals surface area contributed by atoms with Crippen molar-refractivity contribution in [1.29, 1.82) is 0 Å². The zero-order valence-corrected chi connectivity index (χ0v) is 20.3. The maximum atomic E-state index is 5.57. The summed E-state index contributed by atoms with van der Waals surface area (Å²) in [4.78, 5) is 9.08. The first kappa shape index (κ1) is 23.5. The lowest BCUT2D eigenvalue weighted by atomic mass is 10.0. The quantitative estimate of drug-likeness (QED) is 0.367. The van der Waals surface area contributed by atoms with Gasteiger partial charge in [-0.15, -0.1) is 24.0 Å². The Morgan fingerprint density at radius 1 is 1.38 bits per heavy atom. The fraction of sp³-hybridized carbons (Fsp3) is 0.524. The number of ether oxygens (including phenoxy) is 1. The van der Waals surface area contributed by atoms with Crippen molar-refractivity contribution in [2.24, 2.45) is 12.0 Å². The van der Waals surface area contributed by atoms with E-state index in [0.717, 1.165) is 37.8 Å². The number of para-hydroxylation sites is 1. The molecule has 1 aliphatic heterocycles. The van der Waals surface area contributed by atoms with Gasteiger partial charge in [-0.1, -0.05) is 18.2 Å². The van der Waals surface area contributed by atoms with Crippen LogP contribution < -0.4 is 10.1 Å². The molecule has 1 N–H and O–H groups in total. The summed E-state index contributed by atoms with van der Waals surface area (Å²) in [6.07, 6.45) is 5.22. The third-order valence-corrected chi connectivity index (χ3v) is 5.47. The van der Waals surface area contributed by atoms with E-state index in [9.17, 15) is 0 Å². The van der Waals surface area contributed by atoms with Gasteiger partial charge >= 0.3 is 0 Å². The Labute approximate surface area is 191 Å². The first-order valence-corrected chi connectivity index (χ1v) is 9.77. The highest BCUT2D eigenvalue weighted by molar-refractivity contribution is 14.0. The van der Waals surface area contributed by atoms with E-state index < -0.39 is 0 Å². The number of likely N-dealkylation sites (N-methyl/N-ethyl adjacent to an activating group) is 1. The van der Waals surface area contributed by atoms with Crippen molar-refractivity contribution >= 4 is 29.9 Å². The topological polar surface area (TPSA) is 57.9 Å². The second kappa shape index (κ2) is 10.8. The van der Waals surface area contributed by atoms with Gasteiger partial charge in [-0.2, -0.15) is 5.10 Å². The number of nitrogens with zero attached hydrogens (tertiary/aromatic N) is 5. The molecule has 0 spiro atoms. The van der Waals surface area contributed by atoms with Gasteiger partial charge < -0.3 is 19.9 Å². The SMILES string of the molecule is CN=C(NCC(c1ccccc1OC)N(C)C)N1CCC(c2cnn(C)c2)C1.I. The number of nitrogens with one attached hydrogen (secondary N) is 1. The average Bonchev–Trinajstić information content (AvgIpc) is 3.34. The maximum absolute atomic E-state index is 5.57. The summed E-state index contributed by atoms with van der Waals surface area (Å²) < 4.78 is 7.45. The predicted molar refractivity (Wildman–Crippen MR) is 128 cm³/mol. The minimum Gasteiger partial charge on any atom is -0.496 e. The van der Waals surface area contributed by atoms with Crippen LogP contribution in [0.4, 0.5) is 0 Å². The van der Waals surface area contributed by atoms with Gasteiger partial charge in [0, 0.05) is 51.4 Å². The third-order valence-electron chi connectivity index (χ3n) is 5.47. The Bertz CT molecular complexity index is 806. The second-order valence-electron chi connectivity index (χ2n) is 7.53. The Morgan fingerprint density at radius 2 is 2.14 bits per heavy atom. The van der Waals surface area contributed by atoms with Crippen LogP contribution in [0, 0.1) is 0 Å².